The Bertz CT molecular complexity index is 1360. The van der Waals surface area contributed by atoms with Crippen LogP contribution in [0.25, 0.3) is 33.5 Å². The Morgan fingerprint density at radius 3 is 2.72 bits per heavy atom. The third kappa shape index (κ3) is 3.56. The molecule has 1 fully saturated rings. The summed E-state index contributed by atoms with van der Waals surface area (Å²) >= 11 is 6.51. The van der Waals surface area contributed by atoms with Gasteiger partial charge in [-0.3, -0.25) is 0 Å². The van der Waals surface area contributed by atoms with Gasteiger partial charge < -0.3 is 5.32 Å². The molecular formula is C25H22ClN5O. The Morgan fingerprint density at radius 2 is 1.97 bits per heavy atom. The highest BCUT2D eigenvalue weighted by atomic mass is 35.5. The Balaban J connectivity index is 1.63. The van der Waals surface area contributed by atoms with Gasteiger partial charge in [-0.05, 0) is 85.0 Å². The van der Waals surface area contributed by atoms with Crippen molar-refractivity contribution in [3.8, 4) is 16.8 Å². The number of fused-ring (bicyclic) bond motifs is 1. The van der Waals surface area contributed by atoms with E-state index in [0.29, 0.717) is 22.3 Å². The van der Waals surface area contributed by atoms with Gasteiger partial charge in [0, 0.05) is 27.9 Å². The maximum Gasteiger partial charge on any atom is 0.115 e. The first-order valence-corrected chi connectivity index (χ1v) is 11.0. The number of halogens is 1. The second-order valence-corrected chi connectivity index (χ2v) is 8.60. The van der Waals surface area contributed by atoms with Crippen molar-refractivity contribution < 1.29 is 0 Å². The molecule has 1 aliphatic rings. The largest absolute Gasteiger partial charge is 0.382 e. The molecular weight excluding hydrogens is 422 g/mol. The lowest BCUT2D eigenvalue weighted by Gasteiger charge is -2.29. The van der Waals surface area contributed by atoms with Gasteiger partial charge in [-0.1, -0.05) is 35.5 Å². The van der Waals surface area contributed by atoms with E-state index in [2.05, 4.69) is 27.4 Å². The van der Waals surface area contributed by atoms with Crippen LogP contribution in [0.5, 0.6) is 0 Å². The van der Waals surface area contributed by atoms with Crippen LogP contribution in [-0.2, 0) is 0 Å². The molecule has 4 aromatic rings. The van der Waals surface area contributed by atoms with Gasteiger partial charge in [0.25, 0.3) is 0 Å². The molecule has 7 heteroatoms. The Morgan fingerprint density at radius 1 is 1.16 bits per heavy atom. The van der Waals surface area contributed by atoms with Crippen molar-refractivity contribution in [2.45, 2.75) is 32.2 Å². The van der Waals surface area contributed by atoms with Crippen LogP contribution in [0.1, 0.15) is 30.4 Å². The Labute approximate surface area is 190 Å². The van der Waals surface area contributed by atoms with Gasteiger partial charge in [0.2, 0.25) is 0 Å². The number of aromatic nitrogens is 3. The molecule has 1 aromatic heterocycles. The number of nitroso groups, excluding NO2 is 1. The number of benzene rings is 3. The van der Waals surface area contributed by atoms with Crippen molar-refractivity contribution in [3.05, 3.63) is 82.2 Å². The van der Waals surface area contributed by atoms with E-state index in [0.717, 1.165) is 51.9 Å². The Hall–Kier alpha value is -3.51. The van der Waals surface area contributed by atoms with Crippen molar-refractivity contribution in [1.82, 2.24) is 20.3 Å². The van der Waals surface area contributed by atoms with E-state index >= 15 is 0 Å². The highest BCUT2D eigenvalue weighted by Crippen LogP contribution is 2.38. The van der Waals surface area contributed by atoms with E-state index in [1.165, 1.54) is 6.42 Å². The fourth-order valence-corrected chi connectivity index (χ4v) is 4.38. The average Bonchev–Trinajstić information content (AvgIpc) is 3.21. The number of nitrogens with one attached hydrogen (secondary N) is 1. The molecule has 1 aliphatic carbocycles. The lowest BCUT2D eigenvalue weighted by atomic mass is 9.90. The van der Waals surface area contributed by atoms with Crippen LogP contribution in [0, 0.1) is 11.8 Å². The fraction of sp³-hybridized carbons (Fsp3) is 0.200. The third-order valence-corrected chi connectivity index (χ3v) is 6.36. The molecule has 32 heavy (non-hydrogen) atoms. The van der Waals surface area contributed by atoms with Gasteiger partial charge in [-0.25, -0.2) is 4.68 Å². The molecule has 6 nitrogen and oxygen atoms in total. The van der Waals surface area contributed by atoms with Gasteiger partial charge in [-0.2, -0.15) is 0 Å². The van der Waals surface area contributed by atoms with Crippen molar-refractivity contribution >= 4 is 34.0 Å². The summed E-state index contributed by atoms with van der Waals surface area (Å²) in [4.78, 5) is 11.7. The molecule has 1 N–H and O–H groups in total. The monoisotopic (exact) mass is 443 g/mol. The number of hydrogen-bond donors (Lipinski definition) is 1. The van der Waals surface area contributed by atoms with Crippen LogP contribution < -0.4 is 5.32 Å². The second kappa shape index (κ2) is 8.20. The minimum absolute atomic E-state index is 0.340. The number of rotatable bonds is 6. The topological polar surface area (TPSA) is 72.2 Å². The first kappa shape index (κ1) is 20.4. The van der Waals surface area contributed by atoms with Crippen LogP contribution in [-0.4, -0.2) is 21.0 Å². The zero-order chi connectivity index (χ0) is 22.2. The van der Waals surface area contributed by atoms with Gasteiger partial charge in [0.15, 0.2) is 0 Å². The molecule has 0 atom stereocenters. The first-order valence-electron chi connectivity index (χ1n) is 10.6. The molecule has 1 saturated carbocycles. The first-order chi connectivity index (χ1) is 15.5. The van der Waals surface area contributed by atoms with Crippen LogP contribution in [0.15, 0.2) is 66.4 Å². The van der Waals surface area contributed by atoms with Crippen LogP contribution in [0.4, 0.5) is 5.69 Å². The maximum atomic E-state index is 11.7. The predicted octanol–water partition coefficient (Wildman–Crippen LogP) is 6.56. The summed E-state index contributed by atoms with van der Waals surface area (Å²) in [6.07, 6.45) is 3.54. The second-order valence-electron chi connectivity index (χ2n) is 8.16. The van der Waals surface area contributed by atoms with E-state index in [9.17, 15) is 4.91 Å². The molecule has 0 amide bonds. The lowest BCUT2D eigenvalue weighted by molar-refractivity contribution is 0.378. The van der Waals surface area contributed by atoms with Crippen molar-refractivity contribution in [2.24, 2.45) is 5.18 Å². The molecule has 1 heterocycles. The Kier molecular flexibility index (Phi) is 5.23. The van der Waals surface area contributed by atoms with Gasteiger partial charge in [0.1, 0.15) is 11.2 Å². The van der Waals surface area contributed by atoms with Crippen molar-refractivity contribution in [2.75, 3.05) is 0 Å². The van der Waals surface area contributed by atoms with Gasteiger partial charge in [-0.15, -0.1) is 10.0 Å². The molecule has 0 saturated heterocycles. The molecule has 5 rings (SSSR count). The summed E-state index contributed by atoms with van der Waals surface area (Å²) in [5.41, 5.74) is 7.10. The number of nitrogens with zero attached hydrogens (tertiary/aromatic N) is 4. The standard InChI is InChI=1S/C25H22ClN5O/c1-15-20(16(2)27-18-6-5-7-18)12-17(26)13-21(15)22-14-19(10-11-23(22)29-32)31-25-9-4-3-8-24(25)28-30-31/h3-4,8-14,18,27H,2,5-7H2,1H3. The maximum absolute atomic E-state index is 11.7. The predicted molar refractivity (Wildman–Crippen MR) is 129 cm³/mol. The molecule has 0 radical (unpaired) electrons. The van der Waals surface area contributed by atoms with E-state index < -0.39 is 0 Å². The van der Waals surface area contributed by atoms with E-state index in [4.69, 9.17) is 11.6 Å². The highest BCUT2D eigenvalue weighted by Gasteiger charge is 2.20. The number of hydrogen-bond acceptors (Lipinski definition) is 5. The minimum Gasteiger partial charge on any atom is -0.382 e. The van der Waals surface area contributed by atoms with Gasteiger partial charge >= 0.3 is 0 Å². The van der Waals surface area contributed by atoms with Crippen LogP contribution >= 0.6 is 11.6 Å². The smallest absolute Gasteiger partial charge is 0.115 e. The lowest BCUT2D eigenvalue weighted by Crippen LogP contribution is -2.33. The molecule has 160 valence electrons. The molecule has 0 aliphatic heterocycles. The van der Waals surface area contributed by atoms with Crippen LogP contribution in [0.2, 0.25) is 5.02 Å². The summed E-state index contributed by atoms with van der Waals surface area (Å²) in [7, 11) is 0. The fourth-order valence-electron chi connectivity index (χ4n) is 4.16. The van der Waals surface area contributed by atoms with Gasteiger partial charge in [0.05, 0.1) is 11.2 Å². The van der Waals surface area contributed by atoms with Crippen molar-refractivity contribution in [1.29, 1.82) is 0 Å². The number of para-hydroxylation sites is 1. The van der Waals surface area contributed by atoms with E-state index in [1.807, 2.05) is 55.5 Å². The van der Waals surface area contributed by atoms with Crippen LogP contribution in [0.3, 0.4) is 0 Å². The molecule has 0 unspecified atom stereocenters. The molecule has 0 bridgehead atoms. The summed E-state index contributed by atoms with van der Waals surface area (Å²) in [6.45, 7) is 6.26. The SMILES string of the molecule is C=C(NC1CCC1)c1cc(Cl)cc(-c2cc(-n3nnc4ccccc43)ccc2N=O)c1C. The summed E-state index contributed by atoms with van der Waals surface area (Å²) in [5.74, 6) is 0. The zero-order valence-electron chi connectivity index (χ0n) is 17.7. The van der Waals surface area contributed by atoms with Crippen molar-refractivity contribution in [3.63, 3.8) is 0 Å². The third-order valence-electron chi connectivity index (χ3n) is 6.15. The summed E-state index contributed by atoms with van der Waals surface area (Å²) < 4.78 is 1.76. The molecule has 0 spiro atoms. The normalized spacial score (nSPS) is 13.7. The summed E-state index contributed by atoms with van der Waals surface area (Å²) in [6, 6.07) is 17.4. The minimum atomic E-state index is 0.340. The highest BCUT2D eigenvalue weighted by molar-refractivity contribution is 6.31. The van der Waals surface area contributed by atoms with E-state index in [-0.39, 0.29) is 0 Å². The quantitative estimate of drug-likeness (QED) is 0.342. The zero-order valence-corrected chi connectivity index (χ0v) is 18.4. The van der Waals surface area contributed by atoms with E-state index in [1.54, 1.807) is 10.7 Å². The average molecular weight is 444 g/mol. The molecule has 3 aromatic carbocycles. The summed E-state index contributed by atoms with van der Waals surface area (Å²) in [5, 5.41) is 15.9.